The zero-order chi connectivity index (χ0) is 21.2. The smallest absolute Gasteiger partial charge is 0.355 e. The number of ether oxygens (including phenoxy) is 2. The van der Waals surface area contributed by atoms with Gasteiger partial charge in [0.2, 0.25) is 10.0 Å². The van der Waals surface area contributed by atoms with Gasteiger partial charge in [0.15, 0.2) is 6.10 Å². The maximum atomic E-state index is 12.5. The maximum absolute atomic E-state index is 12.5. The minimum Gasteiger partial charge on any atom is -0.493 e. The van der Waals surface area contributed by atoms with Crippen LogP contribution in [0, 0.1) is 0 Å². The molecule has 0 radical (unpaired) electrons. The SMILES string of the molecule is CNS(=O)(=O)c1cc(C(=O)OC(C)C(=O)NC2CCOc3ccccc32)n(C)c1. The van der Waals surface area contributed by atoms with Gasteiger partial charge < -0.3 is 19.4 Å². The molecule has 2 heterocycles. The number of benzene rings is 1. The molecule has 1 aliphatic heterocycles. The van der Waals surface area contributed by atoms with Crippen molar-refractivity contribution in [3.63, 3.8) is 0 Å². The van der Waals surface area contributed by atoms with E-state index in [1.807, 2.05) is 24.3 Å². The molecule has 3 rings (SSSR count). The molecule has 9 nitrogen and oxygen atoms in total. The lowest BCUT2D eigenvalue weighted by Gasteiger charge is -2.27. The summed E-state index contributed by atoms with van der Waals surface area (Å²) in [6.07, 6.45) is 0.843. The average Bonchev–Trinajstić information content (AvgIpc) is 3.11. The van der Waals surface area contributed by atoms with Crippen LogP contribution in [0.15, 0.2) is 41.4 Å². The van der Waals surface area contributed by atoms with Crippen LogP contribution in [-0.2, 0) is 26.6 Å². The Balaban J connectivity index is 1.67. The van der Waals surface area contributed by atoms with Crippen LogP contribution >= 0.6 is 0 Å². The van der Waals surface area contributed by atoms with E-state index in [-0.39, 0.29) is 16.6 Å². The highest BCUT2D eigenvalue weighted by atomic mass is 32.2. The summed E-state index contributed by atoms with van der Waals surface area (Å²) >= 11 is 0. The first kappa shape index (κ1) is 20.9. The molecule has 1 aromatic carbocycles. The normalized spacial score (nSPS) is 17.0. The van der Waals surface area contributed by atoms with Gasteiger partial charge in [0.1, 0.15) is 16.3 Å². The molecule has 29 heavy (non-hydrogen) atoms. The van der Waals surface area contributed by atoms with E-state index in [0.29, 0.717) is 13.0 Å². The molecule has 10 heteroatoms. The second-order valence-corrected chi connectivity index (χ2v) is 8.55. The number of para-hydroxylation sites is 1. The molecule has 0 saturated heterocycles. The van der Waals surface area contributed by atoms with Crippen molar-refractivity contribution in [1.29, 1.82) is 0 Å². The van der Waals surface area contributed by atoms with Crippen LogP contribution in [-0.4, -0.2) is 44.6 Å². The van der Waals surface area contributed by atoms with Crippen LogP contribution in [0.2, 0.25) is 0 Å². The monoisotopic (exact) mass is 421 g/mol. The van der Waals surface area contributed by atoms with E-state index in [0.717, 1.165) is 11.3 Å². The standard InChI is InChI=1S/C19H23N3O6S/c1-12(18(23)21-15-8-9-27-17-7-5-4-6-14(15)17)28-19(24)16-10-13(11-22(16)3)29(25,26)20-2/h4-7,10-12,15,20H,8-9H2,1-3H3,(H,21,23). The highest BCUT2D eigenvalue weighted by Gasteiger charge is 2.27. The number of fused-ring (bicyclic) bond motifs is 1. The van der Waals surface area contributed by atoms with Crippen molar-refractivity contribution in [2.75, 3.05) is 13.7 Å². The largest absolute Gasteiger partial charge is 0.493 e. The first-order valence-corrected chi connectivity index (χ1v) is 10.5. The number of carbonyl (C=O) groups is 2. The predicted molar refractivity (Wildman–Crippen MR) is 104 cm³/mol. The number of aromatic nitrogens is 1. The molecular weight excluding hydrogens is 398 g/mol. The molecule has 0 spiro atoms. The van der Waals surface area contributed by atoms with Crippen LogP contribution in [0.25, 0.3) is 0 Å². The molecule has 0 saturated carbocycles. The van der Waals surface area contributed by atoms with Crippen molar-refractivity contribution in [3.05, 3.63) is 47.8 Å². The first-order valence-electron chi connectivity index (χ1n) is 9.06. The Labute approximate surface area is 169 Å². The summed E-state index contributed by atoms with van der Waals surface area (Å²) in [5.74, 6) is -0.520. The Morgan fingerprint density at radius 1 is 1.31 bits per heavy atom. The summed E-state index contributed by atoms with van der Waals surface area (Å²) in [5, 5.41) is 2.88. The number of hydrogen-bond donors (Lipinski definition) is 2. The van der Waals surface area contributed by atoms with Crippen molar-refractivity contribution >= 4 is 21.9 Å². The quantitative estimate of drug-likeness (QED) is 0.676. The number of carbonyl (C=O) groups excluding carboxylic acids is 2. The van der Waals surface area contributed by atoms with Crippen molar-refractivity contribution in [2.45, 2.75) is 30.4 Å². The zero-order valence-electron chi connectivity index (χ0n) is 16.3. The van der Waals surface area contributed by atoms with E-state index in [1.165, 1.54) is 37.8 Å². The highest BCUT2D eigenvalue weighted by Crippen LogP contribution is 2.31. The third kappa shape index (κ3) is 4.43. The number of hydrogen-bond acceptors (Lipinski definition) is 6. The molecule has 2 unspecified atom stereocenters. The first-order chi connectivity index (χ1) is 13.7. The molecule has 1 aliphatic rings. The van der Waals surface area contributed by atoms with Crippen LogP contribution in [0.4, 0.5) is 0 Å². The third-order valence-electron chi connectivity index (χ3n) is 4.70. The van der Waals surface area contributed by atoms with Gasteiger partial charge >= 0.3 is 5.97 Å². The Morgan fingerprint density at radius 2 is 2.03 bits per heavy atom. The molecule has 0 bridgehead atoms. The topological polar surface area (TPSA) is 116 Å². The lowest BCUT2D eigenvalue weighted by Crippen LogP contribution is -2.39. The summed E-state index contributed by atoms with van der Waals surface area (Å²) < 4.78 is 38.1. The van der Waals surface area contributed by atoms with Crippen molar-refractivity contribution in [1.82, 2.24) is 14.6 Å². The van der Waals surface area contributed by atoms with Crippen molar-refractivity contribution in [3.8, 4) is 5.75 Å². The van der Waals surface area contributed by atoms with Crippen molar-refractivity contribution in [2.24, 2.45) is 7.05 Å². The second-order valence-electron chi connectivity index (χ2n) is 6.66. The van der Waals surface area contributed by atoms with Crippen LogP contribution in [0.5, 0.6) is 5.75 Å². The Hall–Kier alpha value is -2.85. The van der Waals surface area contributed by atoms with Crippen LogP contribution in [0.3, 0.4) is 0 Å². The number of nitrogens with one attached hydrogen (secondary N) is 2. The average molecular weight is 421 g/mol. The number of rotatable bonds is 6. The lowest BCUT2D eigenvalue weighted by molar-refractivity contribution is -0.130. The van der Waals surface area contributed by atoms with E-state index in [4.69, 9.17) is 9.47 Å². The highest BCUT2D eigenvalue weighted by molar-refractivity contribution is 7.89. The number of sulfonamides is 1. The van der Waals surface area contributed by atoms with Gasteiger partial charge in [-0.2, -0.15) is 0 Å². The Morgan fingerprint density at radius 3 is 2.76 bits per heavy atom. The number of amides is 1. The van der Waals surface area contributed by atoms with Gasteiger partial charge in [0.25, 0.3) is 5.91 Å². The molecule has 1 aromatic heterocycles. The van der Waals surface area contributed by atoms with Gasteiger partial charge in [-0.3, -0.25) is 4.79 Å². The van der Waals surface area contributed by atoms with Gasteiger partial charge in [0, 0.05) is 25.2 Å². The van der Waals surface area contributed by atoms with E-state index in [9.17, 15) is 18.0 Å². The molecule has 0 fully saturated rings. The van der Waals surface area contributed by atoms with Crippen LogP contribution in [0.1, 0.15) is 35.4 Å². The van der Waals surface area contributed by atoms with Gasteiger partial charge in [-0.05, 0) is 26.1 Å². The molecule has 1 amide bonds. The van der Waals surface area contributed by atoms with E-state index in [1.54, 1.807) is 0 Å². The van der Waals surface area contributed by atoms with Gasteiger partial charge in [-0.15, -0.1) is 0 Å². The minimum atomic E-state index is -3.70. The van der Waals surface area contributed by atoms with Crippen LogP contribution < -0.4 is 14.8 Å². The fraction of sp³-hybridized carbons (Fsp3) is 0.368. The molecule has 2 N–H and O–H groups in total. The van der Waals surface area contributed by atoms with Gasteiger partial charge in [0.05, 0.1) is 12.6 Å². The Bertz CT molecular complexity index is 1030. The third-order valence-corrected chi connectivity index (χ3v) is 6.08. The zero-order valence-corrected chi connectivity index (χ0v) is 17.2. The fourth-order valence-electron chi connectivity index (χ4n) is 3.06. The number of aryl methyl sites for hydroxylation is 1. The van der Waals surface area contributed by atoms with Gasteiger partial charge in [-0.25, -0.2) is 17.9 Å². The summed E-state index contributed by atoms with van der Waals surface area (Å²) in [6.45, 7) is 1.94. The molecular formula is C19H23N3O6S. The number of esters is 1. The predicted octanol–water partition coefficient (Wildman–Crippen LogP) is 1.12. The maximum Gasteiger partial charge on any atom is 0.355 e. The van der Waals surface area contributed by atoms with Gasteiger partial charge in [-0.1, -0.05) is 18.2 Å². The summed E-state index contributed by atoms with van der Waals surface area (Å²) in [4.78, 5) is 24.9. The minimum absolute atomic E-state index is 0.0230. The van der Waals surface area contributed by atoms with E-state index >= 15 is 0 Å². The lowest BCUT2D eigenvalue weighted by atomic mass is 10.0. The number of nitrogens with zero attached hydrogens (tertiary/aromatic N) is 1. The molecule has 2 aromatic rings. The van der Waals surface area contributed by atoms with E-state index in [2.05, 4.69) is 10.0 Å². The molecule has 0 aliphatic carbocycles. The summed E-state index contributed by atoms with van der Waals surface area (Å²) in [7, 11) is -0.894. The summed E-state index contributed by atoms with van der Waals surface area (Å²) in [6, 6.07) is 8.40. The summed E-state index contributed by atoms with van der Waals surface area (Å²) in [5.41, 5.74) is 0.893. The molecule has 2 atom stereocenters. The Kier molecular flexibility index (Phi) is 5.94. The van der Waals surface area contributed by atoms with E-state index < -0.39 is 28.0 Å². The fourth-order valence-corrected chi connectivity index (χ4v) is 3.86. The molecule has 156 valence electrons. The van der Waals surface area contributed by atoms with Crippen molar-refractivity contribution < 1.29 is 27.5 Å². The second kappa shape index (κ2) is 8.26.